The molecule has 0 aliphatic heterocycles. The number of amides is 1. The highest BCUT2D eigenvalue weighted by Gasteiger charge is 2.52. The van der Waals surface area contributed by atoms with Crippen molar-refractivity contribution in [3.8, 4) is 0 Å². The molecule has 0 saturated heterocycles. The van der Waals surface area contributed by atoms with E-state index in [2.05, 4.69) is 15.9 Å². The van der Waals surface area contributed by atoms with Gasteiger partial charge in [-0.05, 0) is 11.8 Å². The third-order valence-corrected chi connectivity index (χ3v) is 3.20. The number of nitrogens with zero attached hydrogens (tertiary/aromatic N) is 1. The van der Waals surface area contributed by atoms with Crippen molar-refractivity contribution in [2.45, 2.75) is 26.4 Å². The summed E-state index contributed by atoms with van der Waals surface area (Å²) >= 11 is 3.06. The minimum Gasteiger partial charge on any atom is -0.332 e. The molecule has 0 bridgehead atoms. The van der Waals surface area contributed by atoms with Crippen LogP contribution in [0.3, 0.4) is 0 Å². The molecule has 0 aromatic heterocycles. The van der Waals surface area contributed by atoms with E-state index in [-0.39, 0.29) is 23.8 Å². The van der Waals surface area contributed by atoms with Crippen molar-refractivity contribution in [1.29, 1.82) is 0 Å². The second-order valence-electron chi connectivity index (χ2n) is 4.81. The number of carbonyl (C=O) groups excluding carboxylic acids is 1. The lowest BCUT2D eigenvalue weighted by Gasteiger charge is -2.23. The summed E-state index contributed by atoms with van der Waals surface area (Å²) < 4.78 is 36.8. The van der Waals surface area contributed by atoms with Gasteiger partial charge < -0.3 is 4.90 Å². The Kier molecular flexibility index (Phi) is 3.92. The second-order valence-corrected chi connectivity index (χ2v) is 5.60. The Morgan fingerprint density at radius 1 is 1.50 bits per heavy atom. The van der Waals surface area contributed by atoms with Gasteiger partial charge in [-0.15, -0.1) is 0 Å². The van der Waals surface area contributed by atoms with Gasteiger partial charge in [0.2, 0.25) is 5.91 Å². The number of hydrogen-bond acceptors (Lipinski definition) is 1. The predicted octanol–water partition coefficient (Wildman–Crippen LogP) is 2.82. The molecule has 0 N–H and O–H groups in total. The first kappa shape index (κ1) is 13.8. The van der Waals surface area contributed by atoms with Crippen LogP contribution in [0, 0.1) is 11.3 Å². The van der Waals surface area contributed by atoms with E-state index < -0.39 is 12.7 Å². The van der Waals surface area contributed by atoms with E-state index in [4.69, 9.17) is 0 Å². The molecule has 1 fully saturated rings. The van der Waals surface area contributed by atoms with Crippen LogP contribution in [0.4, 0.5) is 13.2 Å². The van der Waals surface area contributed by atoms with Crippen LogP contribution >= 0.6 is 15.9 Å². The molecule has 1 amide bonds. The summed E-state index contributed by atoms with van der Waals surface area (Å²) in [6.07, 6.45) is -3.64. The van der Waals surface area contributed by atoms with Gasteiger partial charge in [-0.2, -0.15) is 13.2 Å². The molecule has 1 saturated carbocycles. The van der Waals surface area contributed by atoms with Crippen molar-refractivity contribution >= 4 is 21.8 Å². The van der Waals surface area contributed by atoms with Crippen LogP contribution in [0.15, 0.2) is 0 Å². The average molecular weight is 302 g/mol. The minimum absolute atomic E-state index is 0.102. The summed E-state index contributed by atoms with van der Waals surface area (Å²) in [5, 5.41) is 0.363. The monoisotopic (exact) mass is 301 g/mol. The molecule has 0 radical (unpaired) electrons. The molecule has 16 heavy (non-hydrogen) atoms. The smallest absolute Gasteiger partial charge is 0.332 e. The average Bonchev–Trinajstić information content (AvgIpc) is 2.71. The summed E-state index contributed by atoms with van der Waals surface area (Å²) in [6, 6.07) is 0. The Hall–Kier alpha value is -0.260. The lowest BCUT2D eigenvalue weighted by atomic mass is 10.1. The van der Waals surface area contributed by atoms with Gasteiger partial charge in [0.25, 0.3) is 0 Å². The normalized spacial score (nSPS) is 23.0. The Morgan fingerprint density at radius 3 is 2.31 bits per heavy atom. The van der Waals surface area contributed by atoms with Crippen LogP contribution in [0.2, 0.25) is 0 Å². The highest BCUT2D eigenvalue weighted by molar-refractivity contribution is 9.09. The Labute approximate surface area is 101 Å². The van der Waals surface area contributed by atoms with Crippen molar-refractivity contribution in [3.63, 3.8) is 0 Å². The highest BCUT2D eigenvalue weighted by atomic mass is 79.9. The first-order valence-corrected chi connectivity index (χ1v) is 6.21. The largest absolute Gasteiger partial charge is 0.406 e. The number of hydrogen-bond donors (Lipinski definition) is 0. The SMILES string of the molecule is CC1(C)CC1C(=O)N(CCBr)CC(F)(F)F. The van der Waals surface area contributed by atoms with Gasteiger partial charge in [0.15, 0.2) is 0 Å². The van der Waals surface area contributed by atoms with Crippen molar-refractivity contribution < 1.29 is 18.0 Å². The fourth-order valence-electron chi connectivity index (χ4n) is 1.69. The zero-order valence-corrected chi connectivity index (χ0v) is 10.9. The topological polar surface area (TPSA) is 20.3 Å². The van der Waals surface area contributed by atoms with E-state index in [1.165, 1.54) is 0 Å². The van der Waals surface area contributed by atoms with Crippen molar-refractivity contribution in [3.05, 3.63) is 0 Å². The molecule has 1 atom stereocenters. The van der Waals surface area contributed by atoms with Crippen molar-refractivity contribution in [2.24, 2.45) is 11.3 Å². The van der Waals surface area contributed by atoms with Crippen molar-refractivity contribution in [1.82, 2.24) is 4.90 Å². The molecule has 0 aromatic rings. The summed E-state index contributed by atoms with van der Waals surface area (Å²) in [6.45, 7) is 2.75. The molecule has 1 aliphatic rings. The molecule has 2 nitrogen and oxygen atoms in total. The number of rotatable bonds is 4. The lowest BCUT2D eigenvalue weighted by Crippen LogP contribution is -2.41. The van der Waals surface area contributed by atoms with E-state index in [1.807, 2.05) is 13.8 Å². The second kappa shape index (κ2) is 4.55. The first-order chi connectivity index (χ1) is 7.17. The first-order valence-electron chi connectivity index (χ1n) is 5.09. The summed E-state index contributed by atoms with van der Waals surface area (Å²) in [4.78, 5) is 12.7. The standard InChI is InChI=1S/C10H15BrF3NO/c1-9(2)5-7(9)8(16)15(4-3-11)6-10(12,13)14/h7H,3-6H2,1-2H3. The fraction of sp³-hybridized carbons (Fsp3) is 0.900. The van der Waals surface area contributed by atoms with Gasteiger partial charge in [-0.25, -0.2) is 0 Å². The molecule has 0 aromatic carbocycles. The molecular formula is C10H15BrF3NO. The van der Waals surface area contributed by atoms with E-state index in [0.29, 0.717) is 11.8 Å². The number of carbonyl (C=O) groups is 1. The van der Waals surface area contributed by atoms with Gasteiger partial charge in [0, 0.05) is 17.8 Å². The maximum atomic E-state index is 12.3. The van der Waals surface area contributed by atoms with Gasteiger partial charge in [-0.3, -0.25) is 4.79 Å². The lowest BCUT2D eigenvalue weighted by molar-refractivity contribution is -0.161. The quantitative estimate of drug-likeness (QED) is 0.731. The molecule has 6 heteroatoms. The van der Waals surface area contributed by atoms with Crippen LogP contribution in [-0.2, 0) is 4.79 Å². The van der Waals surface area contributed by atoms with E-state index in [0.717, 1.165) is 4.90 Å². The zero-order valence-electron chi connectivity index (χ0n) is 9.27. The highest BCUT2D eigenvalue weighted by Crippen LogP contribution is 2.52. The zero-order chi connectivity index (χ0) is 12.6. The summed E-state index contributed by atoms with van der Waals surface area (Å²) in [5.74, 6) is -0.615. The van der Waals surface area contributed by atoms with E-state index >= 15 is 0 Å². The molecule has 1 aliphatic carbocycles. The summed E-state index contributed by atoms with van der Waals surface area (Å²) in [7, 11) is 0. The molecule has 0 heterocycles. The van der Waals surface area contributed by atoms with Crippen LogP contribution in [-0.4, -0.2) is 35.4 Å². The summed E-state index contributed by atoms with van der Waals surface area (Å²) in [5.41, 5.74) is -0.132. The number of alkyl halides is 4. The van der Waals surface area contributed by atoms with Crippen LogP contribution in [0.5, 0.6) is 0 Å². The molecular weight excluding hydrogens is 287 g/mol. The third-order valence-electron chi connectivity index (χ3n) is 2.85. The molecule has 1 rings (SSSR count). The molecule has 0 spiro atoms. The number of halogens is 4. The fourth-order valence-corrected chi connectivity index (χ4v) is 2.12. The van der Waals surface area contributed by atoms with Gasteiger partial charge in [0.05, 0.1) is 0 Å². The van der Waals surface area contributed by atoms with Crippen LogP contribution in [0.25, 0.3) is 0 Å². The van der Waals surface area contributed by atoms with Gasteiger partial charge in [0.1, 0.15) is 6.54 Å². The van der Waals surface area contributed by atoms with E-state index in [1.54, 1.807) is 0 Å². The minimum atomic E-state index is -4.32. The van der Waals surface area contributed by atoms with Gasteiger partial charge in [-0.1, -0.05) is 29.8 Å². The van der Waals surface area contributed by atoms with Crippen molar-refractivity contribution in [2.75, 3.05) is 18.4 Å². The van der Waals surface area contributed by atoms with E-state index in [9.17, 15) is 18.0 Å². The Balaban J connectivity index is 2.60. The predicted molar refractivity (Wildman–Crippen MR) is 58.3 cm³/mol. The third kappa shape index (κ3) is 3.64. The van der Waals surface area contributed by atoms with Crippen LogP contribution < -0.4 is 0 Å². The maximum absolute atomic E-state index is 12.3. The Bertz CT molecular complexity index is 278. The molecule has 1 unspecified atom stereocenters. The molecule has 94 valence electrons. The van der Waals surface area contributed by atoms with Gasteiger partial charge >= 0.3 is 6.18 Å². The van der Waals surface area contributed by atoms with Crippen LogP contribution in [0.1, 0.15) is 20.3 Å². The maximum Gasteiger partial charge on any atom is 0.406 e. The Morgan fingerprint density at radius 2 is 2.00 bits per heavy atom.